The molecule has 1 aliphatic heterocycles. The SMILES string of the molecule is CN1CC([O-])=NC1=N[P+]([O-])([O-])O.[Na+].[Na+]. The quantitative estimate of drug-likeness (QED) is 0.359. The van der Waals surface area contributed by atoms with Crippen LogP contribution in [0.5, 0.6) is 0 Å². The Labute approximate surface area is 126 Å². The van der Waals surface area contributed by atoms with Crippen molar-refractivity contribution in [1.82, 2.24) is 4.90 Å². The van der Waals surface area contributed by atoms with Gasteiger partial charge in [0.1, 0.15) is 0 Å². The summed E-state index contributed by atoms with van der Waals surface area (Å²) in [5.41, 5.74) is 0. The Hall–Kier alpha value is 1.25. The molecule has 1 N–H and O–H groups in total. The molecule has 1 rings (SSSR count). The summed E-state index contributed by atoms with van der Waals surface area (Å²) in [5.74, 6) is -0.759. The summed E-state index contributed by atoms with van der Waals surface area (Å²) < 4.78 is 2.85. The van der Waals surface area contributed by atoms with Gasteiger partial charge in [0.2, 0.25) is 0 Å². The second kappa shape index (κ2) is 6.75. The predicted molar refractivity (Wildman–Crippen MR) is 36.6 cm³/mol. The molecule has 1 heterocycles. The van der Waals surface area contributed by atoms with Crippen LogP contribution >= 0.6 is 8.09 Å². The van der Waals surface area contributed by atoms with Crippen molar-refractivity contribution in [2.45, 2.75) is 0 Å². The van der Waals surface area contributed by atoms with Crippen LogP contribution in [0.15, 0.2) is 9.76 Å². The maximum atomic E-state index is 10.6. The number of nitrogens with zero attached hydrogens (tertiary/aromatic N) is 3. The van der Waals surface area contributed by atoms with E-state index < -0.39 is 14.0 Å². The van der Waals surface area contributed by atoms with Gasteiger partial charge in [-0.3, -0.25) is 0 Å². The van der Waals surface area contributed by atoms with Crippen molar-refractivity contribution in [2.24, 2.45) is 9.76 Å². The van der Waals surface area contributed by atoms with Crippen molar-refractivity contribution in [3.05, 3.63) is 0 Å². The van der Waals surface area contributed by atoms with Gasteiger partial charge in [-0.25, -0.2) is 9.89 Å². The maximum Gasteiger partial charge on any atom is 1.00 e. The summed E-state index contributed by atoms with van der Waals surface area (Å²) in [6.45, 7) is -0.0150. The monoisotopic (exact) mass is 237 g/mol. The number of aliphatic imine (C=N–C) groups is 1. The third-order valence-corrected chi connectivity index (χ3v) is 1.59. The first-order valence-corrected chi connectivity index (χ1v) is 4.51. The molecule has 68 valence electrons. The van der Waals surface area contributed by atoms with Crippen LogP contribution in [-0.4, -0.2) is 35.2 Å². The smallest absolute Gasteiger partial charge is 0.860 e. The first-order valence-electron chi connectivity index (χ1n) is 2.98. The van der Waals surface area contributed by atoms with Crippen LogP contribution in [0.3, 0.4) is 0 Å². The summed E-state index contributed by atoms with van der Waals surface area (Å²) in [6.07, 6.45) is 0. The zero-order chi connectivity index (χ0) is 9.35. The fraction of sp³-hybridized carbons (Fsp3) is 0.500. The maximum absolute atomic E-state index is 10.6. The van der Waals surface area contributed by atoms with E-state index in [0.29, 0.717) is 0 Å². The molecule has 0 saturated carbocycles. The molecule has 0 unspecified atom stereocenters. The molecule has 0 atom stereocenters. The molecule has 0 radical (unpaired) electrons. The topological polar surface area (TPSA) is 117 Å². The zero-order valence-corrected chi connectivity index (χ0v) is 13.1. The van der Waals surface area contributed by atoms with Gasteiger partial charge in [-0.05, 0) is 5.90 Å². The minimum atomic E-state index is -4.73. The average Bonchev–Trinajstić information content (AvgIpc) is 2.06. The first-order chi connectivity index (χ1) is 5.38. The van der Waals surface area contributed by atoms with Crippen molar-refractivity contribution < 1.29 is 78.9 Å². The molecule has 0 aromatic carbocycles. The molecule has 14 heavy (non-hydrogen) atoms. The molecule has 0 aromatic rings. The number of likely N-dealkylation sites (N-methyl/N-ethyl adjacent to an activating group) is 1. The van der Waals surface area contributed by atoms with E-state index in [0.717, 1.165) is 0 Å². The predicted octanol–water partition coefficient (Wildman–Crippen LogP) is -9.55. The Kier molecular flexibility index (Phi) is 8.51. The van der Waals surface area contributed by atoms with E-state index in [1.807, 2.05) is 0 Å². The number of hydrogen-bond donors (Lipinski definition) is 1. The second-order valence-corrected chi connectivity index (χ2v) is 3.43. The molecule has 0 fully saturated rings. The van der Waals surface area contributed by atoms with Gasteiger partial charge >= 0.3 is 59.1 Å². The molecule has 0 aliphatic carbocycles. The number of hydrogen-bond acceptors (Lipinski definition) is 5. The molecule has 0 amide bonds. The van der Waals surface area contributed by atoms with E-state index in [1.165, 1.54) is 11.9 Å². The third kappa shape index (κ3) is 5.97. The standard InChI is InChI=1S/C4H8N3O4P.2Na/c1-7-2-3(8)5-4(7)6-12(9,10)11;;/h2H2,1H3,(H3,5,6,8,9,10,11);;/q;2*+1/p-2. The summed E-state index contributed by atoms with van der Waals surface area (Å²) in [4.78, 5) is 33.3. The van der Waals surface area contributed by atoms with E-state index in [4.69, 9.17) is 4.89 Å². The van der Waals surface area contributed by atoms with Crippen LogP contribution in [0.25, 0.3) is 0 Å². The van der Waals surface area contributed by atoms with E-state index in [1.54, 1.807) is 0 Å². The van der Waals surface area contributed by atoms with Crippen LogP contribution in [0.4, 0.5) is 0 Å². The first kappa shape index (κ1) is 17.6. The van der Waals surface area contributed by atoms with Crippen molar-refractivity contribution in [3.63, 3.8) is 0 Å². The minimum absolute atomic E-state index is 0. The Bertz CT molecular complexity index is 253. The third-order valence-electron chi connectivity index (χ3n) is 1.15. The Morgan fingerprint density at radius 1 is 1.50 bits per heavy atom. The minimum Gasteiger partial charge on any atom is -0.860 e. The van der Waals surface area contributed by atoms with Gasteiger partial charge in [-0.15, -0.1) is 0 Å². The van der Waals surface area contributed by atoms with Gasteiger partial charge in [-0.1, -0.05) is 4.76 Å². The molecule has 7 nitrogen and oxygen atoms in total. The molecular weight excluding hydrogens is 231 g/mol. The molecule has 0 spiro atoms. The van der Waals surface area contributed by atoms with Crippen molar-refractivity contribution in [2.75, 3.05) is 13.6 Å². The summed E-state index contributed by atoms with van der Waals surface area (Å²) in [7, 11) is -3.28. The van der Waals surface area contributed by atoms with Crippen molar-refractivity contribution >= 4 is 20.0 Å². The average molecular weight is 237 g/mol. The molecular formula is C4H6N3Na2O4P. The molecule has 10 heteroatoms. The second-order valence-electron chi connectivity index (χ2n) is 2.25. The number of guanidine groups is 1. The van der Waals surface area contributed by atoms with Crippen LogP contribution in [0.2, 0.25) is 0 Å². The van der Waals surface area contributed by atoms with E-state index in [-0.39, 0.29) is 71.6 Å². The van der Waals surface area contributed by atoms with Gasteiger partial charge in [0, 0.05) is 13.6 Å². The van der Waals surface area contributed by atoms with Crippen LogP contribution in [0, 0.1) is 0 Å². The largest absolute Gasteiger partial charge is 1.00 e. The van der Waals surface area contributed by atoms with Crippen molar-refractivity contribution in [3.8, 4) is 0 Å². The Balaban J connectivity index is 0. The number of rotatable bonds is 1. The summed E-state index contributed by atoms with van der Waals surface area (Å²) in [5, 5.41) is 10.6. The summed E-state index contributed by atoms with van der Waals surface area (Å²) in [6, 6.07) is 0. The van der Waals surface area contributed by atoms with Gasteiger partial charge in [0.25, 0.3) is 5.96 Å². The fourth-order valence-electron chi connectivity index (χ4n) is 0.718. The molecule has 1 aliphatic rings. The van der Waals surface area contributed by atoms with Crippen LogP contribution in [0.1, 0.15) is 0 Å². The van der Waals surface area contributed by atoms with Crippen molar-refractivity contribution in [1.29, 1.82) is 0 Å². The van der Waals surface area contributed by atoms with Gasteiger partial charge in [0.15, 0.2) is 8.09 Å². The normalized spacial score (nSPS) is 18.7. The van der Waals surface area contributed by atoms with Crippen LogP contribution < -0.4 is 74.0 Å². The van der Waals surface area contributed by atoms with Gasteiger partial charge in [0.05, 0.1) is 0 Å². The Morgan fingerprint density at radius 2 is 2.00 bits per heavy atom. The molecule has 0 bridgehead atoms. The van der Waals surface area contributed by atoms with E-state index in [9.17, 15) is 14.9 Å². The molecule has 0 saturated heterocycles. The Morgan fingerprint density at radius 3 is 2.29 bits per heavy atom. The van der Waals surface area contributed by atoms with Crippen LogP contribution in [-0.2, 0) is 0 Å². The summed E-state index contributed by atoms with van der Waals surface area (Å²) >= 11 is 0. The van der Waals surface area contributed by atoms with Gasteiger partial charge in [-0.2, -0.15) is 0 Å². The molecule has 0 aromatic heterocycles. The fourth-order valence-corrected chi connectivity index (χ4v) is 1.14. The zero-order valence-electron chi connectivity index (χ0n) is 8.17. The van der Waals surface area contributed by atoms with E-state index in [2.05, 4.69) is 9.76 Å². The van der Waals surface area contributed by atoms with Gasteiger partial charge < -0.3 is 19.8 Å². The van der Waals surface area contributed by atoms with E-state index >= 15 is 0 Å².